The van der Waals surface area contributed by atoms with Gasteiger partial charge in [-0.1, -0.05) is 231 Å². The molecule has 0 saturated carbocycles. The second kappa shape index (κ2) is 49.4. The molecule has 0 rings (SSSR count). The summed E-state index contributed by atoms with van der Waals surface area (Å²) in [7, 11) is -4.64. The van der Waals surface area contributed by atoms with Crippen LogP contribution in [0.1, 0.15) is 264 Å². The van der Waals surface area contributed by atoms with Crippen LogP contribution in [0.25, 0.3) is 0 Å². The third-order valence-corrected chi connectivity index (χ3v) is 12.9. The molecule has 10 nitrogen and oxygen atoms in total. The van der Waals surface area contributed by atoms with Gasteiger partial charge in [-0.3, -0.25) is 18.6 Å². The van der Waals surface area contributed by atoms with Crippen LogP contribution in [-0.4, -0.2) is 65.7 Å². The Morgan fingerprint density at radius 2 is 0.688 bits per heavy atom. The van der Waals surface area contributed by atoms with Gasteiger partial charge in [-0.05, 0) is 44.9 Å². The van der Waals surface area contributed by atoms with E-state index in [-0.39, 0.29) is 12.8 Å². The van der Waals surface area contributed by atoms with Gasteiger partial charge in [0, 0.05) is 12.8 Å². The zero-order valence-electron chi connectivity index (χ0n) is 41.5. The fraction of sp³-hybridized carbons (Fsp3) is 0.887. The SMILES string of the molecule is CCCCCCC/C=C\C/C=C\CCCCCCCCCCCCCC(=O)OC(CO)COP(=O)(O)OCC(CO)OC(=O)CCCCCCCCCCCCCCCCCCCC. The molecule has 0 amide bonds. The molecule has 11 heteroatoms. The van der Waals surface area contributed by atoms with E-state index in [9.17, 15) is 29.3 Å². The Labute approximate surface area is 393 Å². The van der Waals surface area contributed by atoms with Gasteiger partial charge in [-0.2, -0.15) is 0 Å². The summed E-state index contributed by atoms with van der Waals surface area (Å²) in [6.07, 6.45) is 52.9. The van der Waals surface area contributed by atoms with Gasteiger partial charge in [0.25, 0.3) is 0 Å². The van der Waals surface area contributed by atoms with Crippen molar-refractivity contribution in [3.8, 4) is 0 Å². The Balaban J connectivity index is 3.79. The maximum Gasteiger partial charge on any atom is 0.472 e. The third-order valence-electron chi connectivity index (χ3n) is 11.9. The lowest BCUT2D eigenvalue weighted by molar-refractivity contribution is -0.153. The van der Waals surface area contributed by atoms with Crippen molar-refractivity contribution in [3.63, 3.8) is 0 Å². The topological polar surface area (TPSA) is 149 Å². The fourth-order valence-corrected chi connectivity index (χ4v) is 8.58. The molecule has 0 aromatic heterocycles. The van der Waals surface area contributed by atoms with Gasteiger partial charge in [0.2, 0.25) is 0 Å². The summed E-state index contributed by atoms with van der Waals surface area (Å²) in [5.41, 5.74) is 0. The average molecular weight is 929 g/mol. The van der Waals surface area contributed by atoms with Crippen LogP contribution in [0.4, 0.5) is 0 Å². The molecule has 0 saturated heterocycles. The molecule has 0 aliphatic rings. The van der Waals surface area contributed by atoms with Gasteiger partial charge in [0.05, 0.1) is 26.4 Å². The Morgan fingerprint density at radius 3 is 0.969 bits per heavy atom. The average Bonchev–Trinajstić information content (AvgIpc) is 3.29. The molecule has 3 unspecified atom stereocenters. The van der Waals surface area contributed by atoms with Crippen LogP contribution >= 0.6 is 7.82 Å². The molecule has 0 spiro atoms. The van der Waals surface area contributed by atoms with E-state index in [1.807, 2.05) is 0 Å². The first-order valence-electron chi connectivity index (χ1n) is 26.8. The van der Waals surface area contributed by atoms with Crippen LogP contribution in [0.2, 0.25) is 0 Å². The minimum Gasteiger partial charge on any atom is -0.457 e. The second-order valence-corrected chi connectivity index (χ2v) is 19.7. The van der Waals surface area contributed by atoms with Crippen LogP contribution in [0.5, 0.6) is 0 Å². The number of esters is 2. The molecule has 0 aliphatic carbocycles. The fourth-order valence-electron chi connectivity index (χ4n) is 7.80. The first-order chi connectivity index (χ1) is 31.3. The highest BCUT2D eigenvalue weighted by atomic mass is 31.2. The molecule has 3 atom stereocenters. The van der Waals surface area contributed by atoms with E-state index in [2.05, 4.69) is 38.2 Å². The van der Waals surface area contributed by atoms with Gasteiger partial charge in [0.15, 0.2) is 0 Å². The summed E-state index contributed by atoms with van der Waals surface area (Å²) in [6, 6.07) is 0. The largest absolute Gasteiger partial charge is 0.472 e. The number of aliphatic hydroxyl groups is 2. The number of unbranched alkanes of at least 4 members (excludes halogenated alkanes) is 33. The monoisotopic (exact) mass is 929 g/mol. The highest BCUT2D eigenvalue weighted by Gasteiger charge is 2.27. The number of ether oxygens (including phenoxy) is 2. The molecule has 0 radical (unpaired) electrons. The smallest absolute Gasteiger partial charge is 0.457 e. The summed E-state index contributed by atoms with van der Waals surface area (Å²) < 4.78 is 32.8. The van der Waals surface area contributed by atoms with Gasteiger partial charge < -0.3 is 24.6 Å². The van der Waals surface area contributed by atoms with Crippen molar-refractivity contribution in [1.82, 2.24) is 0 Å². The van der Waals surface area contributed by atoms with Gasteiger partial charge in [-0.25, -0.2) is 4.57 Å². The lowest BCUT2D eigenvalue weighted by atomic mass is 10.0. The highest BCUT2D eigenvalue weighted by molar-refractivity contribution is 7.47. The van der Waals surface area contributed by atoms with Crippen molar-refractivity contribution >= 4 is 19.8 Å². The van der Waals surface area contributed by atoms with E-state index in [1.54, 1.807) is 0 Å². The van der Waals surface area contributed by atoms with Crippen molar-refractivity contribution in [2.24, 2.45) is 0 Å². The van der Waals surface area contributed by atoms with E-state index in [0.29, 0.717) is 12.8 Å². The lowest BCUT2D eigenvalue weighted by Gasteiger charge is -2.20. The Bertz CT molecular complexity index is 1110. The number of aliphatic hydroxyl groups excluding tert-OH is 2. The van der Waals surface area contributed by atoms with E-state index in [4.69, 9.17) is 18.5 Å². The maximum atomic E-state index is 12.4. The normalized spacial score (nSPS) is 13.8. The number of rotatable bonds is 51. The van der Waals surface area contributed by atoms with Gasteiger partial charge in [-0.15, -0.1) is 0 Å². The highest BCUT2D eigenvalue weighted by Crippen LogP contribution is 2.43. The Morgan fingerprint density at radius 1 is 0.422 bits per heavy atom. The Kier molecular flexibility index (Phi) is 48.2. The van der Waals surface area contributed by atoms with E-state index < -0.39 is 58.4 Å². The van der Waals surface area contributed by atoms with Crippen molar-refractivity contribution in [2.45, 2.75) is 276 Å². The molecule has 0 fully saturated rings. The molecule has 0 aromatic rings. The summed E-state index contributed by atoms with van der Waals surface area (Å²) >= 11 is 0. The number of hydrogen-bond donors (Lipinski definition) is 3. The number of carbonyl (C=O) groups excluding carboxylic acids is 2. The second-order valence-electron chi connectivity index (χ2n) is 18.2. The van der Waals surface area contributed by atoms with Crippen LogP contribution < -0.4 is 0 Å². The van der Waals surface area contributed by atoms with Crippen LogP contribution in [-0.2, 0) is 32.7 Å². The van der Waals surface area contributed by atoms with Gasteiger partial charge in [0.1, 0.15) is 12.2 Å². The van der Waals surface area contributed by atoms with Gasteiger partial charge >= 0.3 is 19.8 Å². The number of carbonyl (C=O) groups is 2. The zero-order chi connectivity index (χ0) is 46.9. The van der Waals surface area contributed by atoms with Crippen molar-refractivity contribution in [1.29, 1.82) is 0 Å². The summed E-state index contributed by atoms with van der Waals surface area (Å²) in [4.78, 5) is 34.7. The standard InChI is InChI=1S/C53H101O10P/c1-3-5-7-9-11-13-15-17-19-21-23-24-25-26-27-29-31-33-35-37-39-41-43-45-53(57)63-51(47-55)49-61-64(58,59)60-48-50(46-54)62-52(56)44-42-40-38-36-34-32-30-28-22-20-18-16-14-12-10-8-6-4-2/h15,17,21,23,50-51,54-55H,3-14,16,18-20,22,24-49H2,1-2H3,(H,58,59)/b17-15-,23-21-. The van der Waals surface area contributed by atoms with E-state index in [1.165, 1.54) is 180 Å². The van der Waals surface area contributed by atoms with Crippen LogP contribution in [0, 0.1) is 0 Å². The van der Waals surface area contributed by atoms with Crippen LogP contribution in [0.15, 0.2) is 24.3 Å². The van der Waals surface area contributed by atoms with Crippen LogP contribution in [0.3, 0.4) is 0 Å². The summed E-state index contributed by atoms with van der Waals surface area (Å²) in [6.45, 7) is 2.26. The summed E-state index contributed by atoms with van der Waals surface area (Å²) in [5.74, 6) is -1.01. The Hall–Kier alpha value is -1.55. The molecule has 3 N–H and O–H groups in total. The minimum absolute atomic E-state index is 0.192. The van der Waals surface area contributed by atoms with E-state index in [0.717, 1.165) is 44.9 Å². The van der Waals surface area contributed by atoms with Crippen molar-refractivity contribution < 1.29 is 47.8 Å². The first-order valence-corrected chi connectivity index (χ1v) is 28.3. The quantitative estimate of drug-likeness (QED) is 0.0233. The minimum atomic E-state index is -4.64. The molecule has 0 aliphatic heterocycles. The zero-order valence-corrected chi connectivity index (χ0v) is 42.4. The molecular weight excluding hydrogens is 828 g/mol. The number of hydrogen-bond acceptors (Lipinski definition) is 9. The predicted octanol–water partition coefficient (Wildman–Crippen LogP) is 15.3. The lowest BCUT2D eigenvalue weighted by Crippen LogP contribution is -2.28. The third kappa shape index (κ3) is 47.0. The van der Waals surface area contributed by atoms with Crippen molar-refractivity contribution in [2.75, 3.05) is 26.4 Å². The first kappa shape index (κ1) is 62.4. The van der Waals surface area contributed by atoms with E-state index >= 15 is 0 Å². The molecule has 64 heavy (non-hydrogen) atoms. The van der Waals surface area contributed by atoms with Crippen molar-refractivity contribution in [3.05, 3.63) is 24.3 Å². The molecule has 0 bridgehead atoms. The molecule has 0 heterocycles. The number of phosphoric ester groups is 1. The maximum absolute atomic E-state index is 12.4. The molecular formula is C53H101O10P. The predicted molar refractivity (Wildman–Crippen MR) is 265 cm³/mol. The summed E-state index contributed by atoms with van der Waals surface area (Å²) in [5, 5.41) is 19.3. The number of allylic oxidation sites excluding steroid dienone is 4. The molecule has 0 aromatic carbocycles. The number of phosphoric acid groups is 1. The molecule has 378 valence electrons.